The van der Waals surface area contributed by atoms with E-state index in [1.165, 1.54) is 12.1 Å². The minimum absolute atomic E-state index is 0.0214. The number of hydrogen-bond acceptors (Lipinski definition) is 4. The van der Waals surface area contributed by atoms with Gasteiger partial charge in [0, 0.05) is 31.6 Å². The van der Waals surface area contributed by atoms with E-state index in [2.05, 4.69) is 15.2 Å². The summed E-state index contributed by atoms with van der Waals surface area (Å²) in [5.74, 6) is 1.42. The Morgan fingerprint density at radius 1 is 1.22 bits per heavy atom. The number of nitrogens with one attached hydrogen (secondary N) is 1. The lowest BCUT2D eigenvalue weighted by atomic mass is 10.1. The molecular formula is C24H24FN5O2. The predicted octanol–water partition coefficient (Wildman–Crippen LogP) is 3.95. The van der Waals surface area contributed by atoms with Gasteiger partial charge in [-0.3, -0.25) is 9.89 Å². The zero-order valence-corrected chi connectivity index (χ0v) is 18.0. The van der Waals surface area contributed by atoms with Crippen LogP contribution in [0.2, 0.25) is 0 Å². The Labute approximate surface area is 184 Å². The molecule has 1 unspecified atom stereocenters. The summed E-state index contributed by atoms with van der Waals surface area (Å²) in [6, 6.07) is 13.6. The highest BCUT2D eigenvalue weighted by Crippen LogP contribution is 2.28. The van der Waals surface area contributed by atoms with E-state index in [9.17, 15) is 9.18 Å². The third kappa shape index (κ3) is 3.84. The van der Waals surface area contributed by atoms with Crippen LogP contribution in [0.15, 0.2) is 48.5 Å². The van der Waals surface area contributed by atoms with Crippen molar-refractivity contribution in [1.82, 2.24) is 24.6 Å². The molecule has 5 rings (SSSR count). The Balaban J connectivity index is 1.22. The molecule has 1 aliphatic rings. The van der Waals surface area contributed by atoms with E-state index in [-0.39, 0.29) is 17.6 Å². The van der Waals surface area contributed by atoms with Crippen LogP contribution in [-0.4, -0.2) is 43.6 Å². The van der Waals surface area contributed by atoms with Gasteiger partial charge in [-0.15, -0.1) is 0 Å². The van der Waals surface area contributed by atoms with Gasteiger partial charge in [0.2, 0.25) is 0 Å². The molecule has 0 saturated carbocycles. The molecule has 32 heavy (non-hydrogen) atoms. The van der Waals surface area contributed by atoms with Crippen molar-refractivity contribution in [3.05, 3.63) is 77.1 Å². The molecule has 164 valence electrons. The SMILES string of the molecule is Cc1nc2cc(C(=O)N3CCC(c4cc(COc5ccc(F)cc5)[nH]n4)C3)ccc2n1C. The Morgan fingerprint density at radius 2 is 2.03 bits per heavy atom. The number of carbonyl (C=O) groups is 1. The first-order valence-corrected chi connectivity index (χ1v) is 10.6. The quantitative estimate of drug-likeness (QED) is 0.517. The van der Waals surface area contributed by atoms with Crippen molar-refractivity contribution in [2.45, 2.75) is 25.9 Å². The maximum Gasteiger partial charge on any atom is 0.253 e. The summed E-state index contributed by atoms with van der Waals surface area (Å²) >= 11 is 0. The summed E-state index contributed by atoms with van der Waals surface area (Å²) in [5, 5.41) is 7.43. The molecule has 8 heteroatoms. The second-order valence-electron chi connectivity index (χ2n) is 8.22. The van der Waals surface area contributed by atoms with Crippen molar-refractivity contribution in [2.24, 2.45) is 7.05 Å². The lowest BCUT2D eigenvalue weighted by molar-refractivity contribution is 0.0791. The second-order valence-corrected chi connectivity index (χ2v) is 8.22. The first-order chi connectivity index (χ1) is 15.5. The number of carbonyl (C=O) groups excluding carboxylic acids is 1. The fourth-order valence-electron chi connectivity index (χ4n) is 4.18. The van der Waals surface area contributed by atoms with Crippen LogP contribution in [-0.2, 0) is 13.7 Å². The molecule has 1 aliphatic heterocycles. The summed E-state index contributed by atoms with van der Waals surface area (Å²) < 4.78 is 20.7. The number of hydrogen-bond donors (Lipinski definition) is 1. The van der Waals surface area contributed by atoms with E-state index in [0.717, 1.165) is 34.7 Å². The monoisotopic (exact) mass is 433 g/mol. The first-order valence-electron chi connectivity index (χ1n) is 10.6. The Hall–Kier alpha value is -3.68. The van der Waals surface area contributed by atoms with Crippen molar-refractivity contribution in [3.63, 3.8) is 0 Å². The topological polar surface area (TPSA) is 76.0 Å². The van der Waals surface area contributed by atoms with Gasteiger partial charge in [0.05, 0.1) is 22.4 Å². The van der Waals surface area contributed by atoms with Gasteiger partial charge in [-0.1, -0.05) is 0 Å². The van der Waals surface area contributed by atoms with Crippen LogP contribution < -0.4 is 4.74 Å². The fraction of sp³-hybridized carbons (Fsp3) is 0.292. The maximum atomic E-state index is 13.1. The summed E-state index contributed by atoms with van der Waals surface area (Å²) in [7, 11) is 1.97. The van der Waals surface area contributed by atoms with Crippen LogP contribution in [0.3, 0.4) is 0 Å². The molecule has 1 fully saturated rings. The van der Waals surface area contributed by atoms with Gasteiger partial charge in [-0.05, 0) is 61.9 Å². The van der Waals surface area contributed by atoms with Crippen LogP contribution >= 0.6 is 0 Å². The van der Waals surface area contributed by atoms with Crippen LogP contribution in [0.25, 0.3) is 11.0 Å². The van der Waals surface area contributed by atoms with Gasteiger partial charge >= 0.3 is 0 Å². The van der Waals surface area contributed by atoms with Crippen molar-refractivity contribution in [1.29, 1.82) is 0 Å². The normalized spacial score (nSPS) is 16.1. The molecule has 4 aromatic rings. The number of aryl methyl sites for hydroxylation is 2. The molecule has 0 aliphatic carbocycles. The van der Waals surface area contributed by atoms with Crippen LogP contribution in [0, 0.1) is 12.7 Å². The van der Waals surface area contributed by atoms with Crippen molar-refractivity contribution < 1.29 is 13.9 Å². The largest absolute Gasteiger partial charge is 0.487 e. The number of nitrogens with zero attached hydrogens (tertiary/aromatic N) is 4. The third-order valence-electron chi connectivity index (χ3n) is 6.10. The molecule has 1 amide bonds. The smallest absolute Gasteiger partial charge is 0.253 e. The number of likely N-dealkylation sites (tertiary alicyclic amines) is 1. The molecule has 1 atom stereocenters. The number of halogens is 1. The fourth-order valence-corrected chi connectivity index (χ4v) is 4.18. The van der Waals surface area contributed by atoms with E-state index in [1.54, 1.807) is 12.1 Å². The zero-order chi connectivity index (χ0) is 22.2. The van der Waals surface area contributed by atoms with Crippen molar-refractivity contribution >= 4 is 16.9 Å². The van der Waals surface area contributed by atoms with Gasteiger partial charge in [-0.25, -0.2) is 9.37 Å². The molecule has 0 bridgehead atoms. The number of amides is 1. The molecule has 2 aromatic heterocycles. The summed E-state index contributed by atoms with van der Waals surface area (Å²) in [5.41, 5.74) is 4.28. The number of benzene rings is 2. The second kappa shape index (κ2) is 8.11. The van der Waals surface area contributed by atoms with E-state index >= 15 is 0 Å². The first kappa shape index (κ1) is 20.2. The van der Waals surface area contributed by atoms with Gasteiger partial charge in [0.15, 0.2) is 0 Å². The van der Waals surface area contributed by atoms with Gasteiger partial charge in [0.1, 0.15) is 24.0 Å². The molecule has 0 radical (unpaired) electrons. The number of fused-ring (bicyclic) bond motifs is 1. The van der Waals surface area contributed by atoms with Crippen molar-refractivity contribution in [3.8, 4) is 5.75 Å². The lowest BCUT2D eigenvalue weighted by Crippen LogP contribution is -2.28. The zero-order valence-electron chi connectivity index (χ0n) is 18.0. The standard InChI is InChI=1S/C24H24FN5O2/c1-15-26-22-11-16(3-8-23(22)29(15)2)24(31)30-10-9-17(13-30)21-12-19(27-28-21)14-32-20-6-4-18(25)5-7-20/h3-8,11-12,17H,9-10,13-14H2,1-2H3,(H,27,28). The Morgan fingerprint density at radius 3 is 2.84 bits per heavy atom. The van der Waals surface area contributed by atoms with Crippen LogP contribution in [0.1, 0.15) is 39.9 Å². The van der Waals surface area contributed by atoms with Crippen LogP contribution in [0.5, 0.6) is 5.75 Å². The average Bonchev–Trinajstić information content (AvgIpc) is 3.52. The molecule has 3 heterocycles. The number of aromatic nitrogens is 4. The predicted molar refractivity (Wildman–Crippen MR) is 118 cm³/mol. The number of aromatic amines is 1. The van der Waals surface area contributed by atoms with E-state index in [4.69, 9.17) is 4.74 Å². The molecular weight excluding hydrogens is 409 g/mol. The van der Waals surface area contributed by atoms with E-state index < -0.39 is 0 Å². The molecule has 2 aromatic carbocycles. The maximum absolute atomic E-state index is 13.1. The molecule has 7 nitrogen and oxygen atoms in total. The lowest BCUT2D eigenvalue weighted by Gasteiger charge is -2.16. The summed E-state index contributed by atoms with van der Waals surface area (Å²) in [6.45, 7) is 3.59. The third-order valence-corrected chi connectivity index (χ3v) is 6.10. The average molecular weight is 433 g/mol. The highest BCUT2D eigenvalue weighted by molar-refractivity contribution is 5.97. The highest BCUT2D eigenvalue weighted by Gasteiger charge is 2.29. The van der Waals surface area contributed by atoms with Gasteiger partial charge in [-0.2, -0.15) is 5.10 Å². The Kier molecular flexibility index (Phi) is 5.13. The molecule has 0 spiro atoms. The Bertz CT molecular complexity index is 1280. The number of imidazole rings is 1. The highest BCUT2D eigenvalue weighted by atomic mass is 19.1. The summed E-state index contributed by atoms with van der Waals surface area (Å²) in [4.78, 5) is 19.5. The number of ether oxygens (including phenoxy) is 1. The van der Waals surface area contributed by atoms with E-state index in [0.29, 0.717) is 31.0 Å². The number of H-pyrrole nitrogens is 1. The molecule has 1 N–H and O–H groups in total. The minimum Gasteiger partial charge on any atom is -0.487 e. The van der Waals surface area contributed by atoms with Crippen LogP contribution in [0.4, 0.5) is 4.39 Å². The van der Waals surface area contributed by atoms with Crippen molar-refractivity contribution in [2.75, 3.05) is 13.1 Å². The van der Waals surface area contributed by atoms with Gasteiger partial charge in [0.25, 0.3) is 5.91 Å². The van der Waals surface area contributed by atoms with Gasteiger partial charge < -0.3 is 14.2 Å². The summed E-state index contributed by atoms with van der Waals surface area (Å²) in [6.07, 6.45) is 0.861. The minimum atomic E-state index is -0.295. The van der Waals surface area contributed by atoms with E-state index in [1.807, 2.05) is 47.7 Å². The molecule has 1 saturated heterocycles. The number of rotatable bonds is 5.